The van der Waals surface area contributed by atoms with Crippen molar-refractivity contribution in [1.82, 2.24) is 10.2 Å². The maximum atomic E-state index is 11.4. The fourth-order valence-corrected chi connectivity index (χ4v) is 4.70. The van der Waals surface area contributed by atoms with Gasteiger partial charge >= 0.3 is 6.09 Å². The third-order valence-corrected chi connectivity index (χ3v) is 7.18. The van der Waals surface area contributed by atoms with Gasteiger partial charge in [0.15, 0.2) is 6.73 Å². The molecule has 3 rings (SSSR count). The van der Waals surface area contributed by atoms with E-state index in [1.165, 1.54) is 7.05 Å². The lowest BCUT2D eigenvalue weighted by atomic mass is 10.1. The van der Waals surface area contributed by atoms with E-state index in [0.29, 0.717) is 29.5 Å². The lowest BCUT2D eigenvalue weighted by molar-refractivity contribution is -0.107. The highest BCUT2D eigenvalue weighted by molar-refractivity contribution is 6.43. The van der Waals surface area contributed by atoms with Gasteiger partial charge in [0.1, 0.15) is 12.0 Å². The highest BCUT2D eigenvalue weighted by Crippen LogP contribution is 2.33. The molecule has 10 heteroatoms. The number of benzene rings is 2. The second-order valence-corrected chi connectivity index (χ2v) is 9.75. The zero-order chi connectivity index (χ0) is 26.6. The van der Waals surface area contributed by atoms with Gasteiger partial charge in [0, 0.05) is 58.4 Å². The van der Waals surface area contributed by atoms with E-state index in [0.717, 1.165) is 74.5 Å². The molecule has 1 aliphatic heterocycles. The average Bonchev–Trinajstić information content (AvgIpc) is 2.92. The van der Waals surface area contributed by atoms with Crippen molar-refractivity contribution in [2.24, 2.45) is 0 Å². The molecule has 1 N–H and O–H groups in total. The summed E-state index contributed by atoms with van der Waals surface area (Å²) in [7, 11) is 3.36. The number of nitrogens with one attached hydrogen (secondary N) is 1. The third-order valence-electron chi connectivity index (χ3n) is 6.37. The highest BCUT2D eigenvalue weighted by atomic mass is 35.5. The van der Waals surface area contributed by atoms with Crippen LogP contribution in [0.25, 0.3) is 0 Å². The number of aryl methyl sites for hydroxylation is 1. The number of unbranched alkanes of at least 4 members (excludes halogenated alkanes) is 1. The number of ether oxygens (including phenoxy) is 2. The second-order valence-electron chi connectivity index (χ2n) is 8.96. The number of amides is 1. The summed E-state index contributed by atoms with van der Waals surface area (Å²) in [6.07, 6.45) is 3.43. The Morgan fingerprint density at radius 1 is 1.14 bits per heavy atom. The molecule has 1 amide bonds. The normalized spacial score (nSPS) is 13.8. The van der Waals surface area contributed by atoms with E-state index in [1.54, 1.807) is 0 Å². The Morgan fingerprint density at radius 3 is 2.65 bits per heavy atom. The van der Waals surface area contributed by atoms with Gasteiger partial charge < -0.3 is 29.4 Å². The predicted octanol–water partition coefficient (Wildman–Crippen LogP) is 4.86. The Morgan fingerprint density at radius 2 is 1.92 bits per heavy atom. The molecule has 1 heterocycles. The summed E-state index contributed by atoms with van der Waals surface area (Å²) < 4.78 is 11.2. The molecule has 202 valence electrons. The van der Waals surface area contributed by atoms with Crippen LogP contribution in [-0.4, -0.2) is 77.4 Å². The maximum absolute atomic E-state index is 11.4. The summed E-state index contributed by atoms with van der Waals surface area (Å²) >= 11 is 12.6. The quantitative estimate of drug-likeness (QED) is 0.217. The molecule has 1 fully saturated rings. The molecular formula is C27H36Cl2N4O4. The van der Waals surface area contributed by atoms with Crippen LogP contribution in [-0.2, 0) is 16.0 Å². The molecular weight excluding hydrogens is 515 g/mol. The minimum atomic E-state index is -0.497. The van der Waals surface area contributed by atoms with Crippen LogP contribution in [0.1, 0.15) is 24.8 Å². The molecule has 0 bridgehead atoms. The average molecular weight is 552 g/mol. The van der Waals surface area contributed by atoms with Gasteiger partial charge in [-0.1, -0.05) is 35.3 Å². The summed E-state index contributed by atoms with van der Waals surface area (Å²) in [6, 6.07) is 11.6. The van der Waals surface area contributed by atoms with E-state index in [-0.39, 0.29) is 6.73 Å². The zero-order valence-electron chi connectivity index (χ0n) is 21.6. The maximum Gasteiger partial charge on any atom is 0.408 e. The lowest BCUT2D eigenvalue weighted by Crippen LogP contribution is -2.46. The van der Waals surface area contributed by atoms with Gasteiger partial charge in [-0.25, -0.2) is 4.79 Å². The van der Waals surface area contributed by atoms with Crippen LogP contribution < -0.4 is 19.9 Å². The Balaban J connectivity index is 1.43. The number of anilines is 2. The van der Waals surface area contributed by atoms with Crippen molar-refractivity contribution >= 4 is 47.0 Å². The first-order chi connectivity index (χ1) is 17.9. The largest absolute Gasteiger partial charge is 0.494 e. The van der Waals surface area contributed by atoms with Crippen molar-refractivity contribution in [3.63, 3.8) is 0 Å². The lowest BCUT2D eigenvalue weighted by Gasteiger charge is -2.36. The topological polar surface area (TPSA) is 74.3 Å². The Bertz CT molecular complexity index is 1030. The van der Waals surface area contributed by atoms with Crippen molar-refractivity contribution in [2.75, 3.05) is 70.0 Å². The van der Waals surface area contributed by atoms with Crippen molar-refractivity contribution in [3.05, 3.63) is 52.0 Å². The first kappa shape index (κ1) is 28.9. The summed E-state index contributed by atoms with van der Waals surface area (Å²) in [4.78, 5) is 28.9. The smallest absolute Gasteiger partial charge is 0.408 e. The van der Waals surface area contributed by atoms with Gasteiger partial charge in [-0.15, -0.1) is 0 Å². The van der Waals surface area contributed by atoms with Gasteiger partial charge in [-0.05, 0) is 49.6 Å². The summed E-state index contributed by atoms with van der Waals surface area (Å²) in [6.45, 7) is 5.55. The Hall–Kier alpha value is -2.68. The van der Waals surface area contributed by atoms with E-state index < -0.39 is 6.09 Å². The van der Waals surface area contributed by atoms with E-state index in [9.17, 15) is 9.59 Å². The van der Waals surface area contributed by atoms with Crippen LogP contribution in [0.4, 0.5) is 16.2 Å². The molecule has 2 aromatic carbocycles. The highest BCUT2D eigenvalue weighted by Gasteiger charge is 2.19. The third kappa shape index (κ3) is 8.69. The van der Waals surface area contributed by atoms with Crippen LogP contribution in [0.15, 0.2) is 36.4 Å². The number of hydrogen-bond donors (Lipinski definition) is 1. The summed E-state index contributed by atoms with van der Waals surface area (Å²) in [5, 5.41) is 3.65. The van der Waals surface area contributed by atoms with Gasteiger partial charge in [0.05, 0.1) is 22.3 Å². The molecule has 0 unspecified atom stereocenters. The number of nitrogens with zero attached hydrogens (tertiary/aromatic N) is 3. The first-order valence-electron chi connectivity index (χ1n) is 12.6. The zero-order valence-corrected chi connectivity index (χ0v) is 23.1. The predicted molar refractivity (Wildman–Crippen MR) is 149 cm³/mol. The number of hydrogen-bond acceptors (Lipinski definition) is 7. The second kappa shape index (κ2) is 14.9. The van der Waals surface area contributed by atoms with E-state index in [2.05, 4.69) is 15.1 Å². The van der Waals surface area contributed by atoms with Crippen LogP contribution in [0.2, 0.25) is 10.0 Å². The van der Waals surface area contributed by atoms with Crippen molar-refractivity contribution in [3.8, 4) is 5.75 Å². The van der Waals surface area contributed by atoms with Gasteiger partial charge in [-0.2, -0.15) is 0 Å². The molecule has 8 nitrogen and oxygen atoms in total. The molecule has 0 saturated carbocycles. The number of alkyl carbamates (subject to hydrolysis) is 1. The van der Waals surface area contributed by atoms with Gasteiger partial charge in [-0.3, -0.25) is 4.90 Å². The molecule has 2 aromatic rings. The molecule has 0 spiro atoms. The first-order valence-corrected chi connectivity index (χ1v) is 13.3. The van der Waals surface area contributed by atoms with Gasteiger partial charge in [0.2, 0.25) is 0 Å². The molecule has 0 atom stereocenters. The van der Waals surface area contributed by atoms with Crippen molar-refractivity contribution in [1.29, 1.82) is 0 Å². The van der Waals surface area contributed by atoms with E-state index >= 15 is 0 Å². The number of rotatable bonds is 13. The number of carbonyl (C=O) groups excluding carboxylic acids is 2. The molecule has 1 aliphatic rings. The SMILES string of the molecule is CNC(=O)OCN(C)c1cc(OCCCCN2CCN(c3cccc(Cl)c3Cl)CC2)ccc1CCC=O. The Kier molecular flexibility index (Phi) is 11.6. The monoisotopic (exact) mass is 550 g/mol. The fraction of sp³-hybridized carbons (Fsp3) is 0.481. The van der Waals surface area contributed by atoms with Crippen LogP contribution in [0.5, 0.6) is 5.75 Å². The van der Waals surface area contributed by atoms with E-state index in [4.69, 9.17) is 32.7 Å². The summed E-state index contributed by atoms with van der Waals surface area (Å²) in [5.74, 6) is 0.753. The molecule has 37 heavy (non-hydrogen) atoms. The van der Waals surface area contributed by atoms with Crippen LogP contribution >= 0.6 is 23.2 Å². The summed E-state index contributed by atoms with van der Waals surface area (Å²) in [5.41, 5.74) is 2.88. The van der Waals surface area contributed by atoms with E-state index in [1.807, 2.05) is 48.3 Å². The number of carbonyl (C=O) groups is 2. The number of piperazine rings is 1. The number of aldehydes is 1. The molecule has 0 radical (unpaired) electrons. The van der Waals surface area contributed by atoms with Crippen molar-refractivity contribution < 1.29 is 19.1 Å². The van der Waals surface area contributed by atoms with Crippen LogP contribution in [0, 0.1) is 0 Å². The molecule has 0 aliphatic carbocycles. The Labute approximate surface area is 229 Å². The fourth-order valence-electron chi connectivity index (χ4n) is 4.29. The minimum Gasteiger partial charge on any atom is -0.494 e. The number of halogens is 2. The van der Waals surface area contributed by atoms with Crippen molar-refractivity contribution in [2.45, 2.75) is 25.7 Å². The van der Waals surface area contributed by atoms with Crippen LogP contribution in [0.3, 0.4) is 0 Å². The molecule has 1 saturated heterocycles. The minimum absolute atomic E-state index is 0.0913. The van der Waals surface area contributed by atoms with Gasteiger partial charge in [0.25, 0.3) is 0 Å². The standard InChI is InChI=1S/C27H36Cl2N4O4/c1-30-27(35)37-20-31(2)25-19-22(11-10-21(25)7-6-17-34)36-18-4-3-12-32-13-15-33(16-14-32)24-9-5-8-23(28)26(24)29/h5,8-11,17,19H,3-4,6-7,12-16,18,20H2,1-2H3,(H,30,35). The molecule has 0 aromatic heterocycles.